The summed E-state index contributed by atoms with van der Waals surface area (Å²) in [7, 11) is 0. The Hall–Kier alpha value is -0.370. The van der Waals surface area contributed by atoms with Crippen LogP contribution in [0.3, 0.4) is 0 Å². The van der Waals surface area contributed by atoms with Gasteiger partial charge in [0.2, 0.25) is 0 Å². The van der Waals surface area contributed by atoms with E-state index < -0.39 is 5.54 Å². The van der Waals surface area contributed by atoms with Gasteiger partial charge in [-0.1, -0.05) is 20.8 Å². The molecule has 70 valence electrons. The number of rotatable bonds is 4. The first kappa shape index (κ1) is 9.72. The van der Waals surface area contributed by atoms with E-state index in [4.69, 9.17) is 5.73 Å². The third-order valence-electron chi connectivity index (χ3n) is 2.49. The number of Topliss-reactive ketones (excluding diaryl/α,β-unsaturated/α-hetero) is 1. The molecule has 0 aromatic carbocycles. The van der Waals surface area contributed by atoms with Crippen LogP contribution in [-0.4, -0.2) is 11.3 Å². The van der Waals surface area contributed by atoms with E-state index >= 15 is 0 Å². The summed E-state index contributed by atoms with van der Waals surface area (Å²) in [6.45, 7) is 6.59. The molecule has 0 aromatic rings. The van der Waals surface area contributed by atoms with Crippen molar-refractivity contribution in [3.63, 3.8) is 0 Å². The summed E-state index contributed by atoms with van der Waals surface area (Å²) in [4.78, 5) is 10.9. The fourth-order valence-corrected chi connectivity index (χ4v) is 1.94. The number of carbonyl (C=O) groups excluding carboxylic acids is 1. The predicted octanol–water partition coefficient (Wildman–Crippen LogP) is 1.73. The Balaban J connectivity index is 2.27. The molecule has 0 saturated heterocycles. The molecule has 0 heterocycles. The van der Waals surface area contributed by atoms with Crippen LogP contribution in [0.4, 0.5) is 0 Å². The van der Waals surface area contributed by atoms with E-state index in [1.165, 1.54) is 6.42 Å². The van der Waals surface area contributed by atoms with Gasteiger partial charge in [0.1, 0.15) is 0 Å². The average molecular weight is 169 g/mol. The lowest BCUT2D eigenvalue weighted by Gasteiger charge is -2.16. The lowest BCUT2D eigenvalue weighted by molar-refractivity contribution is -0.111. The molecule has 2 heteroatoms. The summed E-state index contributed by atoms with van der Waals surface area (Å²) in [6, 6.07) is 0. The highest BCUT2D eigenvalue weighted by Gasteiger charge is 2.50. The number of carbonyl (C=O) groups is 1. The van der Waals surface area contributed by atoms with Gasteiger partial charge in [0.15, 0.2) is 5.78 Å². The van der Waals surface area contributed by atoms with Crippen LogP contribution in [0.5, 0.6) is 0 Å². The van der Waals surface area contributed by atoms with Crippen LogP contribution in [-0.2, 0) is 4.79 Å². The van der Waals surface area contributed by atoms with Crippen molar-refractivity contribution in [1.29, 1.82) is 0 Å². The Bertz CT molecular complexity index is 188. The average Bonchev–Trinajstić information content (AvgIpc) is 2.35. The molecule has 0 aromatic heterocycles. The zero-order valence-electron chi connectivity index (χ0n) is 8.26. The van der Waals surface area contributed by atoms with Crippen molar-refractivity contribution < 1.29 is 4.79 Å². The SMILES string of the molecule is CC(C)C[C@@H](C)CC1(N)CC1=O. The molecule has 1 unspecified atom stereocenters. The first-order valence-electron chi connectivity index (χ1n) is 4.76. The Kier molecular flexibility index (Phi) is 2.57. The van der Waals surface area contributed by atoms with Crippen LogP contribution in [0.25, 0.3) is 0 Å². The number of hydrogen-bond donors (Lipinski definition) is 1. The quantitative estimate of drug-likeness (QED) is 0.696. The first-order chi connectivity index (χ1) is 5.44. The Morgan fingerprint density at radius 3 is 2.33 bits per heavy atom. The highest BCUT2D eigenvalue weighted by atomic mass is 16.1. The van der Waals surface area contributed by atoms with Crippen molar-refractivity contribution in [2.24, 2.45) is 17.6 Å². The van der Waals surface area contributed by atoms with Gasteiger partial charge in [0, 0.05) is 6.42 Å². The molecule has 1 fully saturated rings. The monoisotopic (exact) mass is 169 g/mol. The van der Waals surface area contributed by atoms with Crippen LogP contribution in [0.1, 0.15) is 40.0 Å². The predicted molar refractivity (Wildman–Crippen MR) is 49.8 cm³/mol. The second-order valence-electron chi connectivity index (χ2n) is 4.69. The van der Waals surface area contributed by atoms with Gasteiger partial charge in [-0.3, -0.25) is 4.79 Å². The fourth-order valence-electron chi connectivity index (χ4n) is 1.94. The third-order valence-corrected chi connectivity index (χ3v) is 2.49. The van der Waals surface area contributed by atoms with Crippen molar-refractivity contribution >= 4 is 5.78 Å². The van der Waals surface area contributed by atoms with E-state index in [0.29, 0.717) is 18.3 Å². The van der Waals surface area contributed by atoms with Crippen molar-refractivity contribution in [2.45, 2.75) is 45.6 Å². The summed E-state index contributed by atoms with van der Waals surface area (Å²) in [5.74, 6) is 1.54. The molecule has 1 aliphatic rings. The Morgan fingerprint density at radius 1 is 1.50 bits per heavy atom. The summed E-state index contributed by atoms with van der Waals surface area (Å²) in [5, 5.41) is 0. The van der Waals surface area contributed by atoms with Gasteiger partial charge < -0.3 is 5.73 Å². The normalized spacial score (nSPS) is 30.9. The molecule has 12 heavy (non-hydrogen) atoms. The second kappa shape index (κ2) is 3.17. The standard InChI is InChI=1S/C10H19NO/c1-7(2)4-8(3)5-10(11)6-9(10)12/h7-8H,4-6,11H2,1-3H3/t8-,10?/m1/s1. The van der Waals surface area contributed by atoms with E-state index in [2.05, 4.69) is 20.8 Å². The molecule has 0 bridgehead atoms. The summed E-state index contributed by atoms with van der Waals surface area (Å²) >= 11 is 0. The smallest absolute Gasteiger partial charge is 0.155 e. The van der Waals surface area contributed by atoms with E-state index in [0.717, 1.165) is 6.42 Å². The van der Waals surface area contributed by atoms with Gasteiger partial charge in [0.05, 0.1) is 5.54 Å². The molecule has 2 N–H and O–H groups in total. The topological polar surface area (TPSA) is 43.1 Å². The fraction of sp³-hybridized carbons (Fsp3) is 0.900. The van der Waals surface area contributed by atoms with Crippen molar-refractivity contribution in [3.8, 4) is 0 Å². The van der Waals surface area contributed by atoms with Gasteiger partial charge in [-0.2, -0.15) is 0 Å². The second-order valence-corrected chi connectivity index (χ2v) is 4.69. The summed E-state index contributed by atoms with van der Waals surface area (Å²) in [5.41, 5.74) is 5.39. The van der Waals surface area contributed by atoms with Gasteiger partial charge >= 0.3 is 0 Å². The van der Waals surface area contributed by atoms with Crippen molar-refractivity contribution in [3.05, 3.63) is 0 Å². The molecule has 0 amide bonds. The molecule has 1 saturated carbocycles. The molecule has 1 aliphatic carbocycles. The molecular formula is C10H19NO. The van der Waals surface area contributed by atoms with Gasteiger partial charge in [-0.15, -0.1) is 0 Å². The molecule has 0 aliphatic heterocycles. The van der Waals surface area contributed by atoms with Crippen LogP contribution in [0.2, 0.25) is 0 Å². The highest BCUT2D eigenvalue weighted by Crippen LogP contribution is 2.35. The molecule has 2 nitrogen and oxygen atoms in total. The summed E-state index contributed by atoms with van der Waals surface area (Å²) < 4.78 is 0. The molecule has 1 rings (SSSR count). The van der Waals surface area contributed by atoms with E-state index in [1.54, 1.807) is 0 Å². The zero-order valence-corrected chi connectivity index (χ0v) is 8.26. The van der Waals surface area contributed by atoms with E-state index in [1.807, 2.05) is 0 Å². The Morgan fingerprint density at radius 2 is 2.00 bits per heavy atom. The molecule has 0 spiro atoms. The van der Waals surface area contributed by atoms with Crippen molar-refractivity contribution in [1.82, 2.24) is 0 Å². The molecular weight excluding hydrogens is 150 g/mol. The van der Waals surface area contributed by atoms with Crippen LogP contribution < -0.4 is 5.73 Å². The zero-order chi connectivity index (χ0) is 9.35. The van der Waals surface area contributed by atoms with E-state index in [-0.39, 0.29) is 5.78 Å². The maximum Gasteiger partial charge on any atom is 0.155 e. The minimum absolute atomic E-state index is 0.248. The number of nitrogens with two attached hydrogens (primary N) is 1. The number of hydrogen-bond acceptors (Lipinski definition) is 2. The molecule has 0 radical (unpaired) electrons. The third kappa shape index (κ3) is 2.31. The minimum atomic E-state index is -0.422. The van der Waals surface area contributed by atoms with Gasteiger partial charge in [0.25, 0.3) is 0 Å². The van der Waals surface area contributed by atoms with Crippen LogP contribution in [0.15, 0.2) is 0 Å². The van der Waals surface area contributed by atoms with E-state index in [9.17, 15) is 4.79 Å². The summed E-state index contributed by atoms with van der Waals surface area (Å²) in [6.07, 6.45) is 2.66. The highest BCUT2D eigenvalue weighted by molar-refractivity contribution is 6.04. The largest absolute Gasteiger partial charge is 0.319 e. The number of ketones is 1. The maximum atomic E-state index is 10.9. The lowest BCUT2D eigenvalue weighted by atomic mass is 9.92. The van der Waals surface area contributed by atoms with Gasteiger partial charge in [-0.25, -0.2) is 0 Å². The Labute approximate surface area is 74.5 Å². The lowest BCUT2D eigenvalue weighted by Crippen LogP contribution is -2.28. The van der Waals surface area contributed by atoms with Crippen LogP contribution in [0, 0.1) is 11.8 Å². The van der Waals surface area contributed by atoms with Crippen molar-refractivity contribution in [2.75, 3.05) is 0 Å². The minimum Gasteiger partial charge on any atom is -0.319 e. The molecule has 2 atom stereocenters. The van der Waals surface area contributed by atoms with Crippen LogP contribution >= 0.6 is 0 Å². The first-order valence-corrected chi connectivity index (χ1v) is 4.76. The maximum absolute atomic E-state index is 10.9. The van der Waals surface area contributed by atoms with Gasteiger partial charge in [-0.05, 0) is 24.7 Å².